The second kappa shape index (κ2) is 10.9. The van der Waals surface area contributed by atoms with Crippen LogP contribution in [0.25, 0.3) is 11.1 Å². The third-order valence-electron chi connectivity index (χ3n) is 7.63. The van der Waals surface area contributed by atoms with Crippen molar-refractivity contribution in [1.29, 1.82) is 5.41 Å². The summed E-state index contributed by atoms with van der Waals surface area (Å²) in [6, 6.07) is 20.5. The van der Waals surface area contributed by atoms with Crippen molar-refractivity contribution in [1.82, 2.24) is 10.2 Å². The van der Waals surface area contributed by atoms with Crippen LogP contribution in [-0.4, -0.2) is 64.5 Å². The number of amides is 3. The van der Waals surface area contributed by atoms with Gasteiger partial charge in [0, 0.05) is 30.9 Å². The summed E-state index contributed by atoms with van der Waals surface area (Å²) in [6.07, 6.45) is -0.351. The number of esters is 1. The maximum Gasteiger partial charge on any atom is 0.337 e. The number of carboxylic acids is 1. The number of hydrogen-bond donors (Lipinski definition) is 5. The molecule has 0 bridgehead atoms. The zero-order chi connectivity index (χ0) is 29.3. The van der Waals surface area contributed by atoms with E-state index >= 15 is 0 Å². The molecule has 3 amide bonds. The predicted molar refractivity (Wildman–Crippen MR) is 149 cm³/mol. The number of rotatable bonds is 10. The summed E-state index contributed by atoms with van der Waals surface area (Å²) in [7, 11) is 0. The highest BCUT2D eigenvalue weighted by atomic mass is 16.5. The number of ether oxygens (including phenoxy) is 1. The lowest BCUT2D eigenvalue weighted by Gasteiger charge is -2.25. The topological polar surface area (TPSA) is 189 Å². The number of carbonyl (C=O) groups excluding carboxylic acids is 3. The number of imide groups is 1. The highest BCUT2D eigenvalue weighted by Gasteiger charge is 2.47. The van der Waals surface area contributed by atoms with E-state index in [1.807, 2.05) is 48.5 Å². The monoisotopic (exact) mass is 555 g/mol. The van der Waals surface area contributed by atoms with E-state index in [9.17, 15) is 24.3 Å². The molecular weight excluding hydrogens is 526 g/mol. The Labute approximate surface area is 235 Å². The molecule has 11 nitrogen and oxygen atoms in total. The van der Waals surface area contributed by atoms with Gasteiger partial charge in [-0.2, -0.15) is 0 Å². The number of urea groups is 1. The van der Waals surface area contributed by atoms with E-state index in [-0.39, 0.29) is 24.8 Å². The minimum absolute atomic E-state index is 0.0897. The van der Waals surface area contributed by atoms with E-state index in [4.69, 9.17) is 21.6 Å². The number of fused-ring (bicyclic) bond motifs is 3. The Morgan fingerprint density at radius 3 is 2.12 bits per heavy atom. The van der Waals surface area contributed by atoms with Gasteiger partial charge >= 0.3 is 18.0 Å². The van der Waals surface area contributed by atoms with Crippen molar-refractivity contribution in [3.05, 3.63) is 95.1 Å². The minimum atomic E-state index is -2.47. The molecule has 5 rings (SSSR count). The number of hydrogen-bond acceptors (Lipinski definition) is 7. The van der Waals surface area contributed by atoms with Gasteiger partial charge in [-0.25, -0.2) is 14.4 Å². The van der Waals surface area contributed by atoms with Crippen molar-refractivity contribution in [2.75, 3.05) is 13.2 Å². The summed E-state index contributed by atoms with van der Waals surface area (Å²) < 4.78 is 5.49. The van der Waals surface area contributed by atoms with Crippen LogP contribution in [0.15, 0.2) is 72.8 Å². The van der Waals surface area contributed by atoms with Gasteiger partial charge in [0.2, 0.25) is 5.54 Å². The lowest BCUT2D eigenvalue weighted by Crippen LogP contribution is -2.57. The number of amidine groups is 1. The Morgan fingerprint density at radius 2 is 1.56 bits per heavy atom. The van der Waals surface area contributed by atoms with Gasteiger partial charge in [-0.05, 0) is 27.8 Å². The Bertz CT molecular complexity index is 1510. The average molecular weight is 556 g/mol. The second-order valence-corrected chi connectivity index (χ2v) is 10.2. The third kappa shape index (κ3) is 5.14. The molecule has 1 aliphatic heterocycles. The maximum absolute atomic E-state index is 13.1. The zero-order valence-corrected chi connectivity index (χ0v) is 22.0. The lowest BCUT2D eigenvalue weighted by molar-refractivity contribution is -0.162. The standard InChI is InChI=1S/C30H29N5O6/c31-25(32)18-11-9-17(10-12-18)15-24-26(36)35(29(40)34-24)14-13-30(33,27(37)38)28(39)41-16-23-21-7-3-1-5-19(21)20-6-2-4-8-22(20)23/h1-12,23-24H,13-16,33H2,(H3,31,32)(H,34,40)(H,37,38). The van der Waals surface area contributed by atoms with Crippen LogP contribution in [0.1, 0.15) is 34.6 Å². The first-order chi connectivity index (χ1) is 19.6. The first-order valence-corrected chi connectivity index (χ1v) is 13.0. The van der Waals surface area contributed by atoms with Gasteiger partial charge in [0.1, 0.15) is 18.5 Å². The van der Waals surface area contributed by atoms with Crippen molar-refractivity contribution >= 4 is 29.7 Å². The molecule has 11 heteroatoms. The van der Waals surface area contributed by atoms with E-state index in [2.05, 4.69) is 5.32 Å². The molecule has 7 N–H and O–H groups in total. The number of carbonyl (C=O) groups is 4. The molecule has 0 aromatic heterocycles. The molecule has 2 unspecified atom stereocenters. The minimum Gasteiger partial charge on any atom is -0.479 e. The highest BCUT2D eigenvalue weighted by molar-refractivity contribution is 6.06. The van der Waals surface area contributed by atoms with Crippen LogP contribution in [0.2, 0.25) is 0 Å². The molecule has 0 radical (unpaired) electrons. The molecule has 1 aliphatic carbocycles. The zero-order valence-electron chi connectivity index (χ0n) is 22.0. The van der Waals surface area contributed by atoms with Gasteiger partial charge in [-0.15, -0.1) is 0 Å². The normalized spacial score (nSPS) is 17.4. The van der Waals surface area contributed by atoms with Crippen LogP contribution in [0, 0.1) is 5.41 Å². The number of nitrogens with one attached hydrogen (secondary N) is 2. The Hall–Kier alpha value is -5.03. The molecule has 1 fully saturated rings. The van der Waals surface area contributed by atoms with E-state index in [1.165, 1.54) is 0 Å². The number of aliphatic carboxylic acids is 1. The van der Waals surface area contributed by atoms with Crippen molar-refractivity contribution in [2.45, 2.75) is 30.3 Å². The Balaban J connectivity index is 1.23. The largest absolute Gasteiger partial charge is 0.479 e. The molecule has 0 saturated carbocycles. The number of nitrogens with two attached hydrogens (primary N) is 2. The van der Waals surface area contributed by atoms with Crippen molar-refractivity contribution in [2.24, 2.45) is 11.5 Å². The summed E-state index contributed by atoms with van der Waals surface area (Å²) in [4.78, 5) is 51.6. The highest BCUT2D eigenvalue weighted by Crippen LogP contribution is 2.44. The van der Waals surface area contributed by atoms with Crippen LogP contribution in [-0.2, 0) is 25.5 Å². The number of nitrogen functional groups attached to an aromatic ring is 1. The van der Waals surface area contributed by atoms with Crippen LogP contribution >= 0.6 is 0 Å². The van der Waals surface area contributed by atoms with Crippen LogP contribution < -0.4 is 16.8 Å². The SMILES string of the molecule is N=C(N)c1ccc(CC2NC(=O)N(CCC(N)(C(=O)O)C(=O)OCC3c4ccccc4-c4ccccc43)C2=O)cc1. The van der Waals surface area contributed by atoms with Gasteiger partial charge in [0.05, 0.1) is 0 Å². The second-order valence-electron chi connectivity index (χ2n) is 10.2. The van der Waals surface area contributed by atoms with E-state index in [0.717, 1.165) is 32.7 Å². The number of carboxylic acid groups (broad SMARTS) is 1. The van der Waals surface area contributed by atoms with Crippen LogP contribution in [0.4, 0.5) is 4.79 Å². The van der Waals surface area contributed by atoms with Crippen LogP contribution in [0.5, 0.6) is 0 Å². The van der Waals surface area contributed by atoms with Crippen molar-refractivity contribution in [3.63, 3.8) is 0 Å². The fourth-order valence-corrected chi connectivity index (χ4v) is 5.29. The van der Waals surface area contributed by atoms with Gasteiger partial charge < -0.3 is 26.6 Å². The Kier molecular flexibility index (Phi) is 7.29. The van der Waals surface area contributed by atoms with Gasteiger partial charge in [0.15, 0.2) is 0 Å². The average Bonchev–Trinajstić information content (AvgIpc) is 3.42. The first kappa shape index (κ1) is 27.5. The molecule has 210 valence electrons. The Morgan fingerprint density at radius 1 is 0.976 bits per heavy atom. The molecule has 3 aromatic carbocycles. The van der Waals surface area contributed by atoms with Crippen LogP contribution in [0.3, 0.4) is 0 Å². The predicted octanol–water partition coefficient (Wildman–Crippen LogP) is 1.96. The molecule has 2 aliphatic rings. The molecule has 2 atom stereocenters. The fourth-order valence-electron chi connectivity index (χ4n) is 5.29. The quantitative estimate of drug-likeness (QED) is 0.0825. The summed E-state index contributed by atoms with van der Waals surface area (Å²) in [5.74, 6) is -3.72. The molecule has 3 aromatic rings. The smallest absolute Gasteiger partial charge is 0.337 e. The van der Waals surface area contributed by atoms with Crippen molar-refractivity contribution in [3.8, 4) is 11.1 Å². The molecular formula is C30H29N5O6. The fraction of sp³-hybridized carbons (Fsp3) is 0.233. The van der Waals surface area contributed by atoms with E-state index in [1.54, 1.807) is 24.3 Å². The summed E-state index contributed by atoms with van der Waals surface area (Å²) >= 11 is 0. The van der Waals surface area contributed by atoms with Gasteiger partial charge in [-0.1, -0.05) is 72.8 Å². The lowest BCUT2D eigenvalue weighted by atomic mass is 9.95. The summed E-state index contributed by atoms with van der Waals surface area (Å²) in [5, 5.41) is 19.9. The molecule has 0 spiro atoms. The van der Waals surface area contributed by atoms with Gasteiger partial charge in [-0.3, -0.25) is 15.1 Å². The summed E-state index contributed by atoms with van der Waals surface area (Å²) in [6.45, 7) is -0.510. The van der Waals surface area contributed by atoms with Gasteiger partial charge in [0.25, 0.3) is 5.91 Å². The number of nitrogens with zero attached hydrogens (tertiary/aromatic N) is 1. The number of benzene rings is 3. The molecule has 41 heavy (non-hydrogen) atoms. The third-order valence-corrected chi connectivity index (χ3v) is 7.63. The molecule has 1 saturated heterocycles. The van der Waals surface area contributed by atoms with Crippen molar-refractivity contribution < 1.29 is 29.0 Å². The van der Waals surface area contributed by atoms with E-state index in [0.29, 0.717) is 5.56 Å². The first-order valence-electron chi connectivity index (χ1n) is 13.0. The molecule has 1 heterocycles. The summed E-state index contributed by atoms with van der Waals surface area (Å²) in [5.41, 5.74) is 14.3. The maximum atomic E-state index is 13.1. The van der Waals surface area contributed by atoms with E-state index < -0.39 is 48.4 Å².